The van der Waals surface area contributed by atoms with Gasteiger partial charge in [-0.1, -0.05) is 12.1 Å². The molecule has 0 fully saturated rings. The molecule has 0 radical (unpaired) electrons. The number of hydrogen-bond acceptors (Lipinski definition) is 6. The Morgan fingerprint density at radius 3 is 2.62 bits per heavy atom. The first-order valence-electron chi connectivity index (χ1n) is 7.72. The van der Waals surface area contributed by atoms with Crippen molar-refractivity contribution in [3.8, 4) is 11.2 Å². The van der Waals surface area contributed by atoms with Crippen LogP contribution in [-0.2, 0) is 6.42 Å². The molecule has 0 aliphatic carbocycles. The fourth-order valence-electron chi connectivity index (χ4n) is 2.27. The minimum Gasteiger partial charge on any atom is -0.497 e. The van der Waals surface area contributed by atoms with Gasteiger partial charge in [-0.15, -0.1) is 11.3 Å². The van der Waals surface area contributed by atoms with Crippen LogP contribution in [0.5, 0.6) is 5.75 Å². The number of carbonyl (C=O) groups is 1. The molecule has 2 aromatic carbocycles. The summed E-state index contributed by atoms with van der Waals surface area (Å²) in [6, 6.07) is 14.9. The molecule has 3 aromatic rings. The molecule has 1 heterocycles. The van der Waals surface area contributed by atoms with Crippen molar-refractivity contribution < 1.29 is 9.53 Å². The van der Waals surface area contributed by atoms with E-state index < -0.39 is 0 Å². The Kier molecular flexibility index (Phi) is 5.89. The molecule has 0 spiro atoms. The van der Waals surface area contributed by atoms with E-state index >= 15 is 0 Å². The fraction of sp³-hybridized carbons (Fsp3) is 0.105. The molecule has 1 aromatic heterocycles. The summed E-state index contributed by atoms with van der Waals surface area (Å²) in [6.45, 7) is 0. The van der Waals surface area contributed by atoms with Gasteiger partial charge < -0.3 is 10.1 Å². The second-order valence-electron chi connectivity index (χ2n) is 5.32. The summed E-state index contributed by atoms with van der Waals surface area (Å²) in [7, 11) is 1.64. The first-order valence-corrected chi connectivity index (χ1v) is 9.42. The number of amides is 1. The van der Waals surface area contributed by atoms with Gasteiger partial charge in [-0.25, -0.2) is 4.98 Å². The highest BCUT2D eigenvalue weighted by Gasteiger charge is 2.11. The number of methoxy groups -OCH3 is 1. The highest BCUT2D eigenvalue weighted by molar-refractivity contribution is 8.03. The van der Waals surface area contributed by atoms with Crippen LogP contribution in [0.15, 0.2) is 58.8 Å². The van der Waals surface area contributed by atoms with Crippen LogP contribution in [-0.4, -0.2) is 18.0 Å². The van der Waals surface area contributed by atoms with Crippen molar-refractivity contribution in [2.24, 2.45) is 0 Å². The van der Waals surface area contributed by atoms with Gasteiger partial charge in [0.25, 0.3) is 5.91 Å². The zero-order valence-electron chi connectivity index (χ0n) is 13.9. The van der Waals surface area contributed by atoms with Crippen LogP contribution in [0.2, 0.25) is 0 Å². The first kappa shape index (κ1) is 18.0. The monoisotopic (exact) mass is 381 g/mol. The number of benzene rings is 2. The van der Waals surface area contributed by atoms with Crippen LogP contribution in [0.3, 0.4) is 0 Å². The number of aromatic nitrogens is 1. The third-order valence-corrected chi connectivity index (χ3v) is 5.02. The quantitative estimate of drug-likeness (QED) is 0.500. The van der Waals surface area contributed by atoms with Crippen LogP contribution < -0.4 is 10.1 Å². The lowest BCUT2D eigenvalue weighted by atomic mass is 10.1. The topological polar surface area (TPSA) is 75.0 Å². The SMILES string of the molecule is COc1ccc(Cc2nc(C(=O)Nc3ccc(SC#N)cc3)cs2)cc1. The maximum absolute atomic E-state index is 12.3. The predicted molar refractivity (Wildman–Crippen MR) is 104 cm³/mol. The minimum atomic E-state index is -0.247. The molecular formula is C19H15N3O2S2. The Balaban J connectivity index is 1.62. The molecule has 0 unspecified atom stereocenters. The van der Waals surface area contributed by atoms with Crippen molar-refractivity contribution in [1.29, 1.82) is 5.26 Å². The fourth-order valence-corrected chi connectivity index (χ4v) is 3.45. The third-order valence-electron chi connectivity index (χ3n) is 3.57. The molecule has 3 rings (SSSR count). The molecule has 1 amide bonds. The molecule has 0 bridgehead atoms. The lowest BCUT2D eigenvalue weighted by Gasteiger charge is -2.03. The summed E-state index contributed by atoms with van der Waals surface area (Å²) < 4.78 is 5.15. The van der Waals surface area contributed by atoms with Crippen LogP contribution in [0, 0.1) is 10.7 Å². The summed E-state index contributed by atoms with van der Waals surface area (Å²) in [5.41, 5.74) is 2.17. The maximum atomic E-state index is 12.3. The van der Waals surface area contributed by atoms with Crippen LogP contribution in [0.4, 0.5) is 5.69 Å². The Morgan fingerprint density at radius 2 is 1.96 bits per heavy atom. The second kappa shape index (κ2) is 8.52. The van der Waals surface area contributed by atoms with Gasteiger partial charge in [-0.05, 0) is 53.7 Å². The lowest BCUT2D eigenvalue weighted by molar-refractivity contribution is 0.102. The number of thiazole rings is 1. The van der Waals surface area contributed by atoms with Gasteiger partial charge in [0.1, 0.15) is 16.8 Å². The van der Waals surface area contributed by atoms with Crippen molar-refractivity contribution >= 4 is 34.7 Å². The predicted octanol–water partition coefficient (Wildman–Crippen LogP) is 4.57. The van der Waals surface area contributed by atoms with E-state index in [9.17, 15) is 4.79 Å². The highest BCUT2D eigenvalue weighted by Crippen LogP contribution is 2.21. The summed E-state index contributed by atoms with van der Waals surface area (Å²) in [5, 5.41) is 16.1. The van der Waals surface area contributed by atoms with E-state index in [1.807, 2.05) is 29.7 Å². The minimum absolute atomic E-state index is 0.247. The van der Waals surface area contributed by atoms with E-state index in [1.165, 1.54) is 11.3 Å². The number of thiocyanates is 1. The van der Waals surface area contributed by atoms with Gasteiger partial charge in [-0.2, -0.15) is 5.26 Å². The third kappa shape index (κ3) is 4.63. The number of carbonyl (C=O) groups excluding carboxylic acids is 1. The highest BCUT2D eigenvalue weighted by atomic mass is 32.2. The molecule has 1 N–H and O–H groups in total. The van der Waals surface area contributed by atoms with Gasteiger partial charge in [0.2, 0.25) is 0 Å². The van der Waals surface area contributed by atoms with Crippen molar-refractivity contribution in [3.05, 3.63) is 70.2 Å². The Labute approximate surface area is 159 Å². The normalized spacial score (nSPS) is 10.2. The molecule has 0 aliphatic heterocycles. The molecule has 0 atom stereocenters. The van der Waals surface area contributed by atoms with Crippen LogP contribution >= 0.6 is 23.1 Å². The number of thioether (sulfide) groups is 1. The Bertz CT molecular complexity index is 929. The zero-order chi connectivity index (χ0) is 18.4. The standard InChI is InChI=1S/C19H15N3O2S2/c1-24-15-6-2-13(3-7-15)10-18-22-17(11-25-18)19(23)21-14-4-8-16(9-5-14)26-12-20/h2-9,11H,10H2,1H3,(H,21,23). The van der Waals surface area contributed by atoms with Gasteiger partial charge >= 0.3 is 0 Å². The van der Waals surface area contributed by atoms with Crippen LogP contribution in [0.25, 0.3) is 0 Å². The van der Waals surface area contributed by atoms with Crippen molar-refractivity contribution in [1.82, 2.24) is 4.98 Å². The average Bonchev–Trinajstić information content (AvgIpc) is 3.13. The number of hydrogen-bond donors (Lipinski definition) is 1. The number of ether oxygens (including phenoxy) is 1. The Morgan fingerprint density at radius 1 is 1.23 bits per heavy atom. The molecule has 0 aliphatic rings. The number of rotatable bonds is 6. The van der Waals surface area contributed by atoms with Crippen LogP contribution in [0.1, 0.15) is 21.1 Å². The second-order valence-corrected chi connectivity index (χ2v) is 7.12. The first-order chi connectivity index (χ1) is 12.7. The maximum Gasteiger partial charge on any atom is 0.275 e. The Hall–Kier alpha value is -2.82. The van der Waals surface area contributed by atoms with E-state index in [-0.39, 0.29) is 5.91 Å². The number of anilines is 1. The summed E-state index contributed by atoms with van der Waals surface area (Å²) in [5.74, 6) is 0.565. The van der Waals surface area contributed by atoms with E-state index in [1.54, 1.807) is 36.8 Å². The van der Waals surface area contributed by atoms with E-state index in [0.29, 0.717) is 17.8 Å². The number of nitriles is 1. The van der Waals surface area contributed by atoms with Gasteiger partial charge in [0.05, 0.1) is 12.1 Å². The molecular weight excluding hydrogens is 366 g/mol. The summed E-state index contributed by atoms with van der Waals surface area (Å²) in [6.07, 6.45) is 0.669. The number of nitrogens with one attached hydrogen (secondary N) is 1. The molecule has 0 saturated heterocycles. The lowest BCUT2D eigenvalue weighted by Crippen LogP contribution is -2.12. The molecule has 26 heavy (non-hydrogen) atoms. The largest absolute Gasteiger partial charge is 0.497 e. The van der Waals surface area contributed by atoms with Gasteiger partial charge in [-0.3, -0.25) is 4.79 Å². The summed E-state index contributed by atoms with van der Waals surface area (Å²) in [4.78, 5) is 17.6. The summed E-state index contributed by atoms with van der Waals surface area (Å²) >= 11 is 2.54. The van der Waals surface area contributed by atoms with E-state index in [4.69, 9.17) is 10.00 Å². The van der Waals surface area contributed by atoms with Crippen molar-refractivity contribution in [2.45, 2.75) is 11.3 Å². The average molecular weight is 381 g/mol. The molecule has 130 valence electrons. The van der Waals surface area contributed by atoms with E-state index in [2.05, 4.69) is 10.3 Å². The molecule has 5 nitrogen and oxygen atoms in total. The molecule has 7 heteroatoms. The smallest absolute Gasteiger partial charge is 0.275 e. The van der Waals surface area contributed by atoms with E-state index in [0.717, 1.165) is 33.0 Å². The molecule has 0 saturated carbocycles. The van der Waals surface area contributed by atoms with Crippen molar-refractivity contribution in [3.63, 3.8) is 0 Å². The zero-order valence-corrected chi connectivity index (χ0v) is 15.6. The van der Waals surface area contributed by atoms with Gasteiger partial charge in [0, 0.05) is 22.4 Å². The number of nitrogens with zero attached hydrogens (tertiary/aromatic N) is 2. The van der Waals surface area contributed by atoms with Gasteiger partial charge in [0.15, 0.2) is 0 Å². The van der Waals surface area contributed by atoms with Crippen molar-refractivity contribution in [2.75, 3.05) is 12.4 Å².